The van der Waals surface area contributed by atoms with Crippen LogP contribution in [0.5, 0.6) is 5.75 Å². The number of halogens is 1. The highest BCUT2D eigenvalue weighted by atomic mass is 79.9. The fraction of sp³-hybridized carbons (Fsp3) is 0.462. The van der Waals surface area contributed by atoms with Gasteiger partial charge in [-0.1, -0.05) is 27.6 Å². The molecule has 0 saturated carbocycles. The fourth-order valence-corrected chi connectivity index (χ4v) is 2.04. The molecular formula is C13H18BrNO2. The second-order valence-corrected chi connectivity index (χ2v) is 5.09. The predicted molar refractivity (Wildman–Crippen MR) is 72.8 cm³/mol. The lowest BCUT2D eigenvalue weighted by molar-refractivity contribution is 0.0716. The molecule has 0 saturated heterocycles. The summed E-state index contributed by atoms with van der Waals surface area (Å²) < 4.78 is 0. The fourth-order valence-electron chi connectivity index (χ4n) is 1.66. The zero-order valence-electron chi connectivity index (χ0n) is 10.4. The number of aryl methyl sites for hydroxylation is 1. The summed E-state index contributed by atoms with van der Waals surface area (Å²) in [5, 5.41) is 10.5. The Morgan fingerprint density at radius 3 is 2.65 bits per heavy atom. The summed E-state index contributed by atoms with van der Waals surface area (Å²) in [6, 6.07) is 5.19. The van der Waals surface area contributed by atoms with Crippen LogP contribution in [0.4, 0.5) is 0 Å². The summed E-state index contributed by atoms with van der Waals surface area (Å²) in [6.45, 7) is 6.46. The number of carbonyl (C=O) groups is 1. The van der Waals surface area contributed by atoms with Crippen LogP contribution in [0, 0.1) is 6.92 Å². The Bertz CT molecular complexity index is 404. The molecule has 1 aromatic rings. The van der Waals surface area contributed by atoms with Crippen molar-refractivity contribution in [2.75, 3.05) is 11.9 Å². The van der Waals surface area contributed by atoms with Crippen LogP contribution in [0.3, 0.4) is 0 Å². The van der Waals surface area contributed by atoms with Crippen LogP contribution in [-0.4, -0.2) is 33.8 Å². The van der Waals surface area contributed by atoms with Gasteiger partial charge in [-0.05, 0) is 32.9 Å². The quantitative estimate of drug-likeness (QED) is 0.869. The third kappa shape index (κ3) is 3.46. The Morgan fingerprint density at radius 1 is 1.47 bits per heavy atom. The van der Waals surface area contributed by atoms with Crippen molar-refractivity contribution in [2.24, 2.45) is 0 Å². The molecule has 94 valence electrons. The average Bonchev–Trinajstić information content (AvgIpc) is 2.28. The minimum Gasteiger partial charge on any atom is -0.507 e. The first-order valence-electron chi connectivity index (χ1n) is 5.64. The largest absolute Gasteiger partial charge is 0.507 e. The number of hydrogen-bond donors (Lipinski definition) is 1. The third-order valence-electron chi connectivity index (χ3n) is 2.59. The molecule has 1 aromatic carbocycles. The lowest BCUT2D eigenvalue weighted by Crippen LogP contribution is -2.38. The Morgan fingerprint density at radius 2 is 2.12 bits per heavy atom. The Kier molecular flexibility index (Phi) is 5.00. The van der Waals surface area contributed by atoms with Crippen molar-refractivity contribution in [3.63, 3.8) is 0 Å². The van der Waals surface area contributed by atoms with E-state index < -0.39 is 0 Å². The summed E-state index contributed by atoms with van der Waals surface area (Å²) >= 11 is 3.34. The molecule has 0 bridgehead atoms. The number of phenolic OH excluding ortho intramolecular Hbond substituents is 1. The molecule has 0 radical (unpaired) electrons. The monoisotopic (exact) mass is 299 g/mol. The summed E-state index contributed by atoms with van der Waals surface area (Å²) in [5.41, 5.74) is 1.34. The first kappa shape index (κ1) is 14.0. The van der Waals surface area contributed by atoms with E-state index >= 15 is 0 Å². The number of rotatable bonds is 4. The van der Waals surface area contributed by atoms with Crippen molar-refractivity contribution < 1.29 is 9.90 Å². The summed E-state index contributed by atoms with van der Waals surface area (Å²) in [6.07, 6.45) is 0. The number of hydrogen-bond acceptors (Lipinski definition) is 2. The van der Waals surface area contributed by atoms with Gasteiger partial charge in [0.25, 0.3) is 5.91 Å². The van der Waals surface area contributed by atoms with E-state index in [1.807, 2.05) is 20.8 Å². The Balaban J connectivity index is 3.04. The highest BCUT2D eigenvalue weighted by Crippen LogP contribution is 2.21. The van der Waals surface area contributed by atoms with E-state index in [1.165, 1.54) is 0 Å². The van der Waals surface area contributed by atoms with Gasteiger partial charge in [0.05, 0.1) is 5.56 Å². The highest BCUT2D eigenvalue weighted by Gasteiger charge is 2.20. The van der Waals surface area contributed by atoms with Crippen molar-refractivity contribution >= 4 is 21.8 Å². The van der Waals surface area contributed by atoms with Crippen molar-refractivity contribution in [3.8, 4) is 5.75 Å². The van der Waals surface area contributed by atoms with E-state index in [-0.39, 0.29) is 17.7 Å². The molecule has 1 N–H and O–H groups in total. The van der Waals surface area contributed by atoms with Gasteiger partial charge in [0, 0.05) is 17.9 Å². The molecule has 0 fully saturated rings. The van der Waals surface area contributed by atoms with Crippen LogP contribution in [-0.2, 0) is 0 Å². The molecule has 0 heterocycles. The van der Waals surface area contributed by atoms with Crippen molar-refractivity contribution in [2.45, 2.75) is 26.8 Å². The molecule has 0 atom stereocenters. The number of carbonyl (C=O) groups excluding carboxylic acids is 1. The summed E-state index contributed by atoms with van der Waals surface area (Å²) in [4.78, 5) is 14.0. The molecule has 0 aliphatic heterocycles. The third-order valence-corrected chi connectivity index (χ3v) is 2.95. The van der Waals surface area contributed by atoms with Gasteiger partial charge in [0.1, 0.15) is 5.75 Å². The number of amides is 1. The minimum atomic E-state index is -0.124. The zero-order chi connectivity index (χ0) is 13.0. The number of benzene rings is 1. The van der Waals surface area contributed by atoms with E-state index in [0.29, 0.717) is 12.1 Å². The zero-order valence-corrected chi connectivity index (χ0v) is 12.0. The molecule has 1 rings (SSSR count). The normalized spacial score (nSPS) is 10.6. The lowest BCUT2D eigenvalue weighted by atomic mass is 10.1. The maximum atomic E-state index is 12.3. The minimum absolute atomic E-state index is 0.0424. The molecule has 4 heteroatoms. The summed E-state index contributed by atoms with van der Waals surface area (Å²) in [7, 11) is 0. The SMILES string of the molecule is Cc1ccc(O)c(C(=O)N(CCBr)C(C)C)c1. The summed E-state index contributed by atoms with van der Waals surface area (Å²) in [5.74, 6) is -0.0820. The molecule has 17 heavy (non-hydrogen) atoms. The van der Waals surface area contributed by atoms with Gasteiger partial charge in [-0.3, -0.25) is 4.79 Å². The Labute approximate surface area is 111 Å². The van der Waals surface area contributed by atoms with Crippen molar-refractivity contribution in [3.05, 3.63) is 29.3 Å². The molecule has 0 aliphatic rings. The number of alkyl halides is 1. The molecule has 0 unspecified atom stereocenters. The maximum Gasteiger partial charge on any atom is 0.257 e. The first-order valence-corrected chi connectivity index (χ1v) is 6.76. The van der Waals surface area contributed by atoms with Gasteiger partial charge in [0.15, 0.2) is 0 Å². The average molecular weight is 300 g/mol. The van der Waals surface area contributed by atoms with Gasteiger partial charge >= 0.3 is 0 Å². The van der Waals surface area contributed by atoms with Crippen LogP contribution >= 0.6 is 15.9 Å². The molecule has 3 nitrogen and oxygen atoms in total. The van der Waals surface area contributed by atoms with Gasteiger partial charge in [-0.25, -0.2) is 0 Å². The number of nitrogens with zero attached hydrogens (tertiary/aromatic N) is 1. The van der Waals surface area contributed by atoms with Crippen LogP contribution in [0.1, 0.15) is 29.8 Å². The van der Waals surface area contributed by atoms with E-state index in [0.717, 1.165) is 10.9 Å². The lowest BCUT2D eigenvalue weighted by Gasteiger charge is -2.26. The van der Waals surface area contributed by atoms with Crippen LogP contribution in [0.15, 0.2) is 18.2 Å². The van der Waals surface area contributed by atoms with Crippen LogP contribution < -0.4 is 0 Å². The molecular weight excluding hydrogens is 282 g/mol. The second kappa shape index (κ2) is 6.05. The maximum absolute atomic E-state index is 12.3. The second-order valence-electron chi connectivity index (χ2n) is 4.30. The predicted octanol–water partition coefficient (Wildman–Crippen LogP) is 2.95. The van der Waals surface area contributed by atoms with E-state index in [1.54, 1.807) is 23.1 Å². The standard InChI is InChI=1S/C13H18BrNO2/c1-9(2)15(7-6-14)13(17)11-8-10(3)4-5-12(11)16/h4-5,8-9,16H,6-7H2,1-3H3. The van der Waals surface area contributed by atoms with Gasteiger partial charge in [-0.15, -0.1) is 0 Å². The van der Waals surface area contributed by atoms with Crippen LogP contribution in [0.25, 0.3) is 0 Å². The van der Waals surface area contributed by atoms with Gasteiger partial charge in [-0.2, -0.15) is 0 Å². The number of aromatic hydroxyl groups is 1. The number of phenols is 1. The topological polar surface area (TPSA) is 40.5 Å². The van der Waals surface area contributed by atoms with Gasteiger partial charge < -0.3 is 10.0 Å². The van der Waals surface area contributed by atoms with Crippen molar-refractivity contribution in [1.29, 1.82) is 0 Å². The van der Waals surface area contributed by atoms with E-state index in [4.69, 9.17) is 0 Å². The molecule has 0 aliphatic carbocycles. The Hall–Kier alpha value is -1.03. The molecule has 0 aromatic heterocycles. The van der Waals surface area contributed by atoms with E-state index in [2.05, 4.69) is 15.9 Å². The highest BCUT2D eigenvalue weighted by molar-refractivity contribution is 9.09. The smallest absolute Gasteiger partial charge is 0.257 e. The van der Waals surface area contributed by atoms with Crippen molar-refractivity contribution in [1.82, 2.24) is 4.90 Å². The molecule has 1 amide bonds. The van der Waals surface area contributed by atoms with Crippen LogP contribution in [0.2, 0.25) is 0 Å². The molecule has 0 spiro atoms. The van der Waals surface area contributed by atoms with Gasteiger partial charge in [0.2, 0.25) is 0 Å². The van der Waals surface area contributed by atoms with E-state index in [9.17, 15) is 9.90 Å². The first-order chi connectivity index (χ1) is 7.97.